The number of aliphatic carboxylic acids is 1. The molecular formula is C41H68N2O7. The highest BCUT2D eigenvalue weighted by atomic mass is 16.5. The number of esters is 1. The van der Waals surface area contributed by atoms with Crippen LogP contribution in [-0.2, 0) is 23.9 Å². The molecule has 9 heteroatoms. The molecule has 50 heavy (non-hydrogen) atoms. The van der Waals surface area contributed by atoms with Crippen molar-refractivity contribution in [3.8, 4) is 0 Å². The Morgan fingerprint density at radius 3 is 1.82 bits per heavy atom. The van der Waals surface area contributed by atoms with Crippen LogP contribution in [0, 0.1) is 0 Å². The molecule has 0 radical (unpaired) electrons. The molecule has 2 amide bonds. The average Bonchev–Trinajstić information content (AvgIpc) is 3.10. The molecule has 0 rings (SSSR count). The quantitative estimate of drug-likeness (QED) is 0.0305. The zero-order valence-corrected chi connectivity index (χ0v) is 31.1. The molecule has 0 spiro atoms. The van der Waals surface area contributed by atoms with Crippen LogP contribution in [0.2, 0.25) is 0 Å². The number of carbonyl (C=O) groups is 4. The fraction of sp³-hybridized carbons (Fsp3) is 0.659. The number of amides is 2. The van der Waals surface area contributed by atoms with Crippen LogP contribution in [-0.4, -0.2) is 59.3 Å². The van der Waals surface area contributed by atoms with Gasteiger partial charge in [-0.15, -0.1) is 0 Å². The van der Waals surface area contributed by atoms with Gasteiger partial charge in [0, 0.05) is 12.8 Å². The monoisotopic (exact) mass is 701 g/mol. The molecule has 0 aliphatic rings. The maximum absolute atomic E-state index is 12.7. The van der Waals surface area contributed by atoms with Crippen molar-refractivity contribution in [2.24, 2.45) is 0 Å². The van der Waals surface area contributed by atoms with Crippen LogP contribution in [0.25, 0.3) is 0 Å². The summed E-state index contributed by atoms with van der Waals surface area (Å²) in [5.41, 5.74) is 0. The first kappa shape index (κ1) is 46.5. The summed E-state index contributed by atoms with van der Waals surface area (Å²) >= 11 is 0. The lowest BCUT2D eigenvalue weighted by molar-refractivity contribution is -0.147. The number of carboxylic acids is 1. The maximum atomic E-state index is 12.7. The van der Waals surface area contributed by atoms with E-state index in [1.54, 1.807) is 0 Å². The van der Waals surface area contributed by atoms with Gasteiger partial charge in [0.2, 0.25) is 11.8 Å². The van der Waals surface area contributed by atoms with Crippen molar-refractivity contribution in [3.05, 3.63) is 60.8 Å². The van der Waals surface area contributed by atoms with Crippen molar-refractivity contribution >= 4 is 23.8 Å². The van der Waals surface area contributed by atoms with E-state index in [1.807, 2.05) is 6.08 Å². The number of rotatable bonds is 33. The van der Waals surface area contributed by atoms with Gasteiger partial charge in [-0.25, -0.2) is 4.79 Å². The molecule has 0 heterocycles. The third kappa shape index (κ3) is 31.8. The van der Waals surface area contributed by atoms with E-state index in [0.717, 1.165) is 83.5 Å². The van der Waals surface area contributed by atoms with Crippen LogP contribution in [0.1, 0.15) is 149 Å². The summed E-state index contributed by atoms with van der Waals surface area (Å²) in [7, 11) is 0. The van der Waals surface area contributed by atoms with Crippen molar-refractivity contribution in [1.82, 2.24) is 10.6 Å². The van der Waals surface area contributed by atoms with Gasteiger partial charge in [0.15, 0.2) is 0 Å². The fourth-order valence-corrected chi connectivity index (χ4v) is 5.02. The van der Waals surface area contributed by atoms with Gasteiger partial charge in [-0.2, -0.15) is 0 Å². The van der Waals surface area contributed by atoms with Crippen molar-refractivity contribution in [3.63, 3.8) is 0 Å². The number of carbonyl (C=O) groups excluding carboxylic acids is 3. The smallest absolute Gasteiger partial charge is 0.328 e. The number of hydrogen-bond donors (Lipinski definition) is 4. The SMILES string of the molecule is CC/C=C\C/C=C\C/C=C\C/C=C\C(CCCCCCCC(=O)NCC(=O)NC(CO)C(=O)O)OC(=O)CCCCCCC/C=C\CCCC. The topological polar surface area (TPSA) is 142 Å². The molecule has 0 aromatic rings. The molecule has 0 aromatic carbocycles. The Kier molecular flexibility index (Phi) is 32.9. The van der Waals surface area contributed by atoms with Crippen LogP contribution in [0.15, 0.2) is 60.8 Å². The first-order valence-corrected chi connectivity index (χ1v) is 19.2. The Morgan fingerprint density at radius 2 is 1.20 bits per heavy atom. The second kappa shape index (κ2) is 35.4. The lowest BCUT2D eigenvalue weighted by Gasteiger charge is -2.15. The largest absolute Gasteiger partial charge is 0.480 e. The zero-order valence-electron chi connectivity index (χ0n) is 31.1. The van der Waals surface area contributed by atoms with Gasteiger partial charge in [0.25, 0.3) is 0 Å². The normalized spacial score (nSPS) is 13.2. The minimum absolute atomic E-state index is 0.133. The summed E-state index contributed by atoms with van der Waals surface area (Å²) in [6.45, 7) is 3.29. The van der Waals surface area contributed by atoms with Crippen LogP contribution >= 0.6 is 0 Å². The van der Waals surface area contributed by atoms with Crippen LogP contribution in [0.3, 0.4) is 0 Å². The maximum Gasteiger partial charge on any atom is 0.328 e. The Bertz CT molecular complexity index is 1030. The van der Waals surface area contributed by atoms with Crippen LogP contribution < -0.4 is 10.6 Å². The lowest BCUT2D eigenvalue weighted by atomic mass is 10.1. The predicted molar refractivity (Wildman–Crippen MR) is 204 cm³/mol. The van der Waals surface area contributed by atoms with Crippen LogP contribution in [0.4, 0.5) is 0 Å². The Labute approximate surface area is 302 Å². The van der Waals surface area contributed by atoms with Crippen molar-refractivity contribution in [2.45, 2.75) is 161 Å². The summed E-state index contributed by atoms with van der Waals surface area (Å²) in [5.74, 6) is -2.42. The third-order valence-electron chi connectivity index (χ3n) is 7.98. The number of allylic oxidation sites excluding steroid dienone is 9. The van der Waals surface area contributed by atoms with Gasteiger partial charge in [0.05, 0.1) is 13.2 Å². The molecule has 0 fully saturated rings. The lowest BCUT2D eigenvalue weighted by Crippen LogP contribution is -2.47. The molecule has 2 unspecified atom stereocenters. The zero-order chi connectivity index (χ0) is 36.9. The van der Waals surface area contributed by atoms with E-state index in [4.69, 9.17) is 14.9 Å². The number of unbranched alkanes of at least 4 members (excludes halogenated alkanes) is 11. The summed E-state index contributed by atoms with van der Waals surface area (Å²) in [6.07, 6.45) is 41.2. The summed E-state index contributed by atoms with van der Waals surface area (Å²) in [6, 6.07) is -1.39. The van der Waals surface area contributed by atoms with Gasteiger partial charge in [-0.3, -0.25) is 14.4 Å². The summed E-state index contributed by atoms with van der Waals surface area (Å²) in [4.78, 5) is 47.3. The van der Waals surface area contributed by atoms with Gasteiger partial charge >= 0.3 is 11.9 Å². The summed E-state index contributed by atoms with van der Waals surface area (Å²) in [5, 5.41) is 22.5. The third-order valence-corrected chi connectivity index (χ3v) is 7.98. The highest BCUT2D eigenvalue weighted by Crippen LogP contribution is 2.14. The number of aliphatic hydroxyl groups excluding tert-OH is 1. The Balaban J connectivity index is 4.48. The fourth-order valence-electron chi connectivity index (χ4n) is 5.02. The van der Waals surface area contributed by atoms with Gasteiger partial charge in [0.1, 0.15) is 12.1 Å². The predicted octanol–water partition coefficient (Wildman–Crippen LogP) is 8.59. The number of aliphatic hydroxyl groups is 1. The molecule has 284 valence electrons. The minimum Gasteiger partial charge on any atom is -0.480 e. The molecule has 9 nitrogen and oxygen atoms in total. The van der Waals surface area contributed by atoms with Gasteiger partial charge in [-0.05, 0) is 76.7 Å². The summed E-state index contributed by atoms with van der Waals surface area (Å²) < 4.78 is 5.88. The molecule has 0 aromatic heterocycles. The van der Waals surface area contributed by atoms with Crippen LogP contribution in [0.5, 0.6) is 0 Å². The molecule has 0 saturated heterocycles. The molecular weight excluding hydrogens is 632 g/mol. The highest BCUT2D eigenvalue weighted by molar-refractivity contribution is 5.87. The number of ether oxygens (including phenoxy) is 1. The average molecular weight is 701 g/mol. The van der Waals surface area contributed by atoms with Crippen molar-refractivity contribution in [2.75, 3.05) is 13.2 Å². The molecule has 4 N–H and O–H groups in total. The Hall–Kier alpha value is -3.46. The Morgan fingerprint density at radius 1 is 0.640 bits per heavy atom. The number of hydrogen-bond acceptors (Lipinski definition) is 6. The second-order valence-corrected chi connectivity index (χ2v) is 12.6. The molecule has 0 aliphatic heterocycles. The first-order chi connectivity index (χ1) is 24.3. The second-order valence-electron chi connectivity index (χ2n) is 12.6. The van der Waals surface area contributed by atoms with Crippen molar-refractivity contribution in [1.29, 1.82) is 0 Å². The first-order valence-electron chi connectivity index (χ1n) is 19.2. The van der Waals surface area contributed by atoms with E-state index < -0.39 is 24.5 Å². The van der Waals surface area contributed by atoms with Gasteiger partial charge < -0.3 is 25.6 Å². The van der Waals surface area contributed by atoms with E-state index in [2.05, 4.69) is 79.2 Å². The molecule has 0 saturated carbocycles. The van der Waals surface area contributed by atoms with E-state index >= 15 is 0 Å². The minimum atomic E-state index is -1.39. The van der Waals surface area contributed by atoms with E-state index in [9.17, 15) is 19.2 Å². The van der Waals surface area contributed by atoms with Crippen molar-refractivity contribution < 1.29 is 34.1 Å². The van der Waals surface area contributed by atoms with Gasteiger partial charge in [-0.1, -0.05) is 120 Å². The number of nitrogens with one attached hydrogen (secondary N) is 2. The standard InChI is InChI=1S/C41H68N2O7/c1-3-5-7-9-11-13-15-17-19-22-26-30-36(50-40(47)33-29-25-20-18-16-14-12-10-8-6-4-2)31-27-23-21-24-28-32-38(45)42-34-39(46)43-37(35-44)41(48)49/h5,7,10-13,17,19,26,30,36-37,44H,3-4,6,8-9,14-16,18,20-25,27-29,31-35H2,1-2H3,(H,42,45)(H,43,46)(H,48,49)/b7-5-,12-10-,13-11-,19-17-,30-26-. The van der Waals surface area contributed by atoms with E-state index in [-0.39, 0.29) is 30.9 Å². The molecule has 0 aliphatic carbocycles. The molecule has 0 bridgehead atoms. The highest BCUT2D eigenvalue weighted by Gasteiger charge is 2.18. The van der Waals surface area contributed by atoms with E-state index in [0.29, 0.717) is 12.8 Å². The number of carboxylic acid groups (broad SMARTS) is 1. The van der Waals surface area contributed by atoms with E-state index in [1.165, 1.54) is 32.1 Å². The molecule has 2 atom stereocenters.